The summed E-state index contributed by atoms with van der Waals surface area (Å²) in [5.74, 6) is -2.01. The third-order valence-corrected chi connectivity index (χ3v) is 4.25. The van der Waals surface area contributed by atoms with E-state index in [4.69, 9.17) is 16.9 Å². The topological polar surface area (TPSA) is 70.0 Å². The van der Waals surface area contributed by atoms with Crippen LogP contribution in [0.25, 0.3) is 0 Å². The first-order valence-corrected chi connectivity index (χ1v) is 7.38. The van der Waals surface area contributed by atoms with Crippen molar-refractivity contribution in [3.05, 3.63) is 58.6 Å². The van der Waals surface area contributed by atoms with Gasteiger partial charge in [0, 0.05) is 0 Å². The van der Waals surface area contributed by atoms with Gasteiger partial charge in [-0.05, 0) is 30.3 Å². The molecule has 0 atom stereocenters. The number of hydrogen-bond acceptors (Lipinski definition) is 3. The van der Waals surface area contributed by atoms with Crippen LogP contribution in [-0.2, 0) is 10.0 Å². The molecule has 0 bridgehead atoms. The van der Waals surface area contributed by atoms with Crippen LogP contribution in [0.3, 0.4) is 0 Å². The van der Waals surface area contributed by atoms with Crippen LogP contribution < -0.4 is 4.72 Å². The summed E-state index contributed by atoms with van der Waals surface area (Å²) in [6.07, 6.45) is 0. The van der Waals surface area contributed by atoms with Gasteiger partial charge in [-0.1, -0.05) is 17.7 Å². The zero-order chi connectivity index (χ0) is 15.6. The zero-order valence-corrected chi connectivity index (χ0v) is 11.8. The number of nitriles is 1. The second-order valence-corrected chi connectivity index (χ2v) is 6.01. The van der Waals surface area contributed by atoms with E-state index in [1.807, 2.05) is 4.72 Å². The SMILES string of the molecule is N#Cc1c(Cl)cccc1NS(=O)(=O)c1cc(F)ccc1F. The Labute approximate surface area is 124 Å². The van der Waals surface area contributed by atoms with Crippen molar-refractivity contribution in [1.82, 2.24) is 0 Å². The first kappa shape index (κ1) is 15.2. The lowest BCUT2D eigenvalue weighted by atomic mass is 10.2. The van der Waals surface area contributed by atoms with E-state index < -0.39 is 26.6 Å². The van der Waals surface area contributed by atoms with Gasteiger partial charge in [-0.2, -0.15) is 5.26 Å². The van der Waals surface area contributed by atoms with Crippen molar-refractivity contribution in [2.45, 2.75) is 4.90 Å². The number of sulfonamides is 1. The second kappa shape index (κ2) is 5.68. The molecule has 21 heavy (non-hydrogen) atoms. The number of benzene rings is 2. The molecule has 8 heteroatoms. The molecule has 2 aromatic carbocycles. The second-order valence-electron chi connectivity index (χ2n) is 3.95. The lowest BCUT2D eigenvalue weighted by Crippen LogP contribution is -2.15. The maximum absolute atomic E-state index is 13.6. The average molecular weight is 329 g/mol. The van der Waals surface area contributed by atoms with Crippen molar-refractivity contribution in [2.24, 2.45) is 0 Å². The van der Waals surface area contributed by atoms with E-state index in [0.29, 0.717) is 12.1 Å². The minimum absolute atomic E-state index is 0.0393. The van der Waals surface area contributed by atoms with Crippen LogP contribution in [0.2, 0.25) is 5.02 Å². The Kier molecular flexibility index (Phi) is 4.11. The number of rotatable bonds is 3. The van der Waals surface area contributed by atoms with Gasteiger partial charge in [0.15, 0.2) is 0 Å². The molecule has 0 radical (unpaired) electrons. The van der Waals surface area contributed by atoms with Gasteiger partial charge < -0.3 is 0 Å². The van der Waals surface area contributed by atoms with Crippen molar-refractivity contribution in [1.29, 1.82) is 5.26 Å². The predicted molar refractivity (Wildman–Crippen MR) is 73.3 cm³/mol. The summed E-state index contributed by atoms with van der Waals surface area (Å²) < 4.78 is 52.8. The van der Waals surface area contributed by atoms with Gasteiger partial charge in [0.2, 0.25) is 0 Å². The number of hydrogen-bond donors (Lipinski definition) is 1. The summed E-state index contributed by atoms with van der Waals surface area (Å²) in [6, 6.07) is 7.90. The molecule has 0 saturated carbocycles. The van der Waals surface area contributed by atoms with Gasteiger partial charge >= 0.3 is 0 Å². The van der Waals surface area contributed by atoms with Gasteiger partial charge in [0.1, 0.15) is 22.6 Å². The van der Waals surface area contributed by atoms with Crippen LogP contribution in [0.15, 0.2) is 41.3 Å². The van der Waals surface area contributed by atoms with E-state index in [1.54, 1.807) is 6.07 Å². The van der Waals surface area contributed by atoms with Gasteiger partial charge in [-0.25, -0.2) is 17.2 Å². The molecular weight excluding hydrogens is 322 g/mol. The molecule has 1 N–H and O–H groups in total. The first-order valence-electron chi connectivity index (χ1n) is 5.51. The van der Waals surface area contributed by atoms with E-state index in [0.717, 1.165) is 6.07 Å². The Balaban J connectivity index is 2.51. The summed E-state index contributed by atoms with van der Waals surface area (Å²) in [7, 11) is -4.39. The summed E-state index contributed by atoms with van der Waals surface area (Å²) in [5.41, 5.74) is -0.229. The molecule has 0 aliphatic rings. The maximum atomic E-state index is 13.6. The zero-order valence-electron chi connectivity index (χ0n) is 10.3. The lowest BCUT2D eigenvalue weighted by Gasteiger charge is -2.10. The normalized spacial score (nSPS) is 11.0. The standard InChI is InChI=1S/C13H7ClF2N2O2S/c14-10-2-1-3-12(9(10)7-17)18-21(19,20)13-6-8(15)4-5-11(13)16/h1-6,18H. The van der Waals surface area contributed by atoms with Crippen molar-refractivity contribution in [3.8, 4) is 6.07 Å². The largest absolute Gasteiger partial charge is 0.278 e. The van der Waals surface area contributed by atoms with E-state index >= 15 is 0 Å². The highest BCUT2D eigenvalue weighted by molar-refractivity contribution is 7.92. The third-order valence-electron chi connectivity index (χ3n) is 2.55. The van der Waals surface area contributed by atoms with Crippen LogP contribution in [-0.4, -0.2) is 8.42 Å². The summed E-state index contributed by atoms with van der Waals surface area (Å²) in [5, 5.41) is 9.00. The quantitative estimate of drug-likeness (QED) is 0.939. The third kappa shape index (κ3) is 3.12. The Bertz CT molecular complexity index is 848. The van der Waals surface area contributed by atoms with Crippen molar-refractivity contribution in [3.63, 3.8) is 0 Å². The van der Waals surface area contributed by atoms with Crippen molar-refractivity contribution < 1.29 is 17.2 Å². The fourth-order valence-electron chi connectivity index (χ4n) is 1.61. The van der Waals surface area contributed by atoms with Gasteiger partial charge in [0.25, 0.3) is 10.0 Å². The van der Waals surface area contributed by atoms with E-state index in [9.17, 15) is 17.2 Å². The molecule has 0 spiro atoms. The number of anilines is 1. The summed E-state index contributed by atoms with van der Waals surface area (Å²) >= 11 is 5.77. The number of nitrogens with one attached hydrogen (secondary N) is 1. The van der Waals surface area contributed by atoms with Crippen LogP contribution in [0.5, 0.6) is 0 Å². The van der Waals surface area contributed by atoms with Crippen molar-refractivity contribution >= 4 is 27.3 Å². The van der Waals surface area contributed by atoms with Gasteiger partial charge in [-0.15, -0.1) is 0 Å². The van der Waals surface area contributed by atoms with Crippen LogP contribution in [0, 0.1) is 23.0 Å². The van der Waals surface area contributed by atoms with Gasteiger partial charge in [-0.3, -0.25) is 4.72 Å². The fourth-order valence-corrected chi connectivity index (χ4v) is 2.98. The molecule has 0 saturated heterocycles. The molecule has 0 aliphatic heterocycles. The van der Waals surface area contributed by atoms with Crippen molar-refractivity contribution in [2.75, 3.05) is 4.72 Å². The highest BCUT2D eigenvalue weighted by Gasteiger charge is 2.21. The highest BCUT2D eigenvalue weighted by Crippen LogP contribution is 2.26. The highest BCUT2D eigenvalue weighted by atomic mass is 35.5. The molecule has 0 aliphatic carbocycles. The molecule has 0 heterocycles. The number of nitrogens with zero attached hydrogens (tertiary/aromatic N) is 1. The molecule has 108 valence electrons. The predicted octanol–water partition coefficient (Wildman–Crippen LogP) is 3.29. The van der Waals surface area contributed by atoms with E-state index in [2.05, 4.69) is 0 Å². The molecule has 0 unspecified atom stereocenters. The molecule has 4 nitrogen and oxygen atoms in total. The maximum Gasteiger partial charge on any atom is 0.264 e. The summed E-state index contributed by atoms with van der Waals surface area (Å²) in [6.45, 7) is 0. The van der Waals surface area contributed by atoms with Crippen LogP contribution >= 0.6 is 11.6 Å². The Morgan fingerprint density at radius 3 is 2.57 bits per heavy atom. The minimum atomic E-state index is -4.39. The lowest BCUT2D eigenvalue weighted by molar-refractivity contribution is 0.555. The molecule has 0 aromatic heterocycles. The van der Waals surface area contributed by atoms with Crippen LogP contribution in [0.1, 0.15) is 5.56 Å². The van der Waals surface area contributed by atoms with Crippen LogP contribution in [0.4, 0.5) is 14.5 Å². The van der Waals surface area contributed by atoms with Gasteiger partial charge in [0.05, 0.1) is 16.3 Å². The first-order chi connectivity index (χ1) is 9.85. The molecular formula is C13H7ClF2N2O2S. The molecule has 2 rings (SSSR count). The molecule has 0 amide bonds. The van der Waals surface area contributed by atoms with E-state index in [1.165, 1.54) is 18.2 Å². The molecule has 2 aromatic rings. The minimum Gasteiger partial charge on any atom is -0.278 e. The monoisotopic (exact) mass is 328 g/mol. The smallest absolute Gasteiger partial charge is 0.264 e. The number of halogens is 3. The fraction of sp³-hybridized carbons (Fsp3) is 0. The Hall–Kier alpha value is -2.17. The Morgan fingerprint density at radius 2 is 1.90 bits per heavy atom. The summed E-state index contributed by atoms with van der Waals surface area (Å²) in [4.78, 5) is -0.855. The molecule has 0 fully saturated rings. The van der Waals surface area contributed by atoms with E-state index in [-0.39, 0.29) is 16.3 Å². The average Bonchev–Trinajstić information content (AvgIpc) is 2.41. The Morgan fingerprint density at radius 1 is 1.19 bits per heavy atom.